The molecule has 0 radical (unpaired) electrons. The van der Waals surface area contributed by atoms with E-state index in [1.54, 1.807) is 6.20 Å². The maximum absolute atomic E-state index is 12.6. The van der Waals surface area contributed by atoms with E-state index in [2.05, 4.69) is 26.3 Å². The number of benzene rings is 1. The Morgan fingerprint density at radius 2 is 1.97 bits per heavy atom. The molecular weight excluding hydrogens is 428 g/mol. The van der Waals surface area contributed by atoms with Gasteiger partial charge in [0.05, 0.1) is 36.7 Å². The van der Waals surface area contributed by atoms with Crippen LogP contribution in [0, 0.1) is 0 Å². The zero-order chi connectivity index (χ0) is 21.9. The molecule has 9 heteroatoms. The van der Waals surface area contributed by atoms with Gasteiger partial charge in [0, 0.05) is 54.9 Å². The number of halogens is 1. The first-order valence-corrected chi connectivity index (χ1v) is 11.5. The minimum absolute atomic E-state index is 0.203. The maximum Gasteiger partial charge on any atom is 0.236 e. The molecule has 3 aromatic rings. The van der Waals surface area contributed by atoms with E-state index in [9.17, 15) is 4.79 Å². The van der Waals surface area contributed by atoms with Crippen LogP contribution >= 0.6 is 11.6 Å². The normalized spacial score (nSPS) is 18.2. The summed E-state index contributed by atoms with van der Waals surface area (Å²) < 4.78 is 5.36. The lowest BCUT2D eigenvalue weighted by molar-refractivity contribution is -0.134. The van der Waals surface area contributed by atoms with Crippen LogP contribution in [0.1, 0.15) is 12.8 Å². The number of carbonyl (C=O) groups excluding carboxylic acids is 1. The van der Waals surface area contributed by atoms with Gasteiger partial charge in [0.15, 0.2) is 0 Å². The largest absolute Gasteiger partial charge is 0.379 e. The number of likely N-dealkylation sites (tertiary alicyclic amines) is 1. The molecule has 4 heterocycles. The predicted octanol–water partition coefficient (Wildman–Crippen LogP) is 3.01. The van der Waals surface area contributed by atoms with Crippen molar-refractivity contribution in [2.75, 3.05) is 51.3 Å². The van der Waals surface area contributed by atoms with E-state index in [0.29, 0.717) is 36.4 Å². The summed E-state index contributed by atoms with van der Waals surface area (Å²) in [4.78, 5) is 29.1. The molecule has 0 bridgehead atoms. The van der Waals surface area contributed by atoms with E-state index >= 15 is 0 Å². The molecule has 0 unspecified atom stereocenters. The van der Waals surface area contributed by atoms with Gasteiger partial charge in [-0.15, -0.1) is 0 Å². The second kappa shape index (κ2) is 9.44. The molecule has 0 saturated carbocycles. The van der Waals surface area contributed by atoms with Crippen molar-refractivity contribution in [3.05, 3.63) is 41.7 Å². The van der Waals surface area contributed by atoms with Gasteiger partial charge in [-0.1, -0.05) is 29.8 Å². The van der Waals surface area contributed by atoms with Gasteiger partial charge in [0.1, 0.15) is 0 Å². The number of hydrogen-bond donors (Lipinski definition) is 2. The van der Waals surface area contributed by atoms with Crippen LogP contribution in [0.4, 0.5) is 5.95 Å². The smallest absolute Gasteiger partial charge is 0.236 e. The number of amides is 1. The molecule has 2 saturated heterocycles. The molecule has 32 heavy (non-hydrogen) atoms. The van der Waals surface area contributed by atoms with Gasteiger partial charge in [0.2, 0.25) is 11.9 Å². The number of morpholine rings is 1. The summed E-state index contributed by atoms with van der Waals surface area (Å²) in [6, 6.07) is 8.30. The summed E-state index contributed by atoms with van der Waals surface area (Å²) >= 11 is 6.44. The van der Waals surface area contributed by atoms with Gasteiger partial charge in [-0.25, -0.2) is 9.97 Å². The Morgan fingerprint density at radius 3 is 2.78 bits per heavy atom. The Labute approximate surface area is 191 Å². The van der Waals surface area contributed by atoms with Crippen LogP contribution in [0.5, 0.6) is 0 Å². The molecule has 5 rings (SSSR count). The molecule has 2 aromatic heterocycles. The second-order valence-electron chi connectivity index (χ2n) is 8.33. The third kappa shape index (κ3) is 4.57. The van der Waals surface area contributed by atoms with Crippen LogP contribution in [0.2, 0.25) is 5.02 Å². The highest BCUT2D eigenvalue weighted by atomic mass is 35.5. The van der Waals surface area contributed by atoms with Crippen molar-refractivity contribution < 1.29 is 9.53 Å². The molecule has 0 aliphatic carbocycles. The second-order valence-corrected chi connectivity index (χ2v) is 8.73. The van der Waals surface area contributed by atoms with Crippen LogP contribution in [-0.2, 0) is 9.53 Å². The molecule has 1 amide bonds. The van der Waals surface area contributed by atoms with Crippen molar-refractivity contribution in [3.63, 3.8) is 0 Å². The number of nitrogens with one attached hydrogen (secondary N) is 2. The number of aromatic nitrogens is 3. The molecule has 0 atom stereocenters. The number of ether oxygens (including phenoxy) is 1. The topological polar surface area (TPSA) is 86.4 Å². The number of rotatable bonds is 5. The van der Waals surface area contributed by atoms with Gasteiger partial charge < -0.3 is 19.9 Å². The van der Waals surface area contributed by atoms with Crippen LogP contribution in [0.15, 0.2) is 36.7 Å². The van der Waals surface area contributed by atoms with E-state index < -0.39 is 0 Å². The van der Waals surface area contributed by atoms with Crippen molar-refractivity contribution in [1.82, 2.24) is 24.8 Å². The van der Waals surface area contributed by atoms with Crippen LogP contribution in [0.25, 0.3) is 22.2 Å². The number of nitrogens with zero attached hydrogens (tertiary/aromatic N) is 4. The molecule has 2 fully saturated rings. The summed E-state index contributed by atoms with van der Waals surface area (Å²) in [5.74, 6) is 0.766. The summed E-state index contributed by atoms with van der Waals surface area (Å²) in [6.45, 7) is 5.04. The van der Waals surface area contributed by atoms with E-state index in [-0.39, 0.29) is 11.9 Å². The Balaban J connectivity index is 1.21. The summed E-state index contributed by atoms with van der Waals surface area (Å²) in [5, 5.41) is 5.04. The highest BCUT2D eigenvalue weighted by Crippen LogP contribution is 2.32. The Bertz CT molecular complexity index is 1090. The predicted molar refractivity (Wildman–Crippen MR) is 125 cm³/mol. The molecular formula is C23H27ClN6O2. The van der Waals surface area contributed by atoms with Crippen molar-refractivity contribution in [1.29, 1.82) is 0 Å². The fourth-order valence-electron chi connectivity index (χ4n) is 4.40. The number of aromatic amines is 1. The van der Waals surface area contributed by atoms with E-state index in [4.69, 9.17) is 21.3 Å². The Morgan fingerprint density at radius 1 is 1.19 bits per heavy atom. The molecule has 1 aromatic carbocycles. The van der Waals surface area contributed by atoms with Gasteiger partial charge in [-0.3, -0.25) is 9.69 Å². The lowest BCUT2D eigenvalue weighted by Crippen LogP contribution is -2.48. The first kappa shape index (κ1) is 21.2. The SMILES string of the molecule is O=C(CN1CCOCC1)N1CCC(Nc2ncc(Cl)c(-c3c[nH]c4ccccc34)n2)CC1. The van der Waals surface area contributed by atoms with E-state index in [1.165, 1.54) is 0 Å². The summed E-state index contributed by atoms with van der Waals surface area (Å²) in [5.41, 5.74) is 2.71. The molecule has 168 valence electrons. The van der Waals surface area contributed by atoms with E-state index in [0.717, 1.165) is 55.5 Å². The monoisotopic (exact) mass is 454 g/mol. The van der Waals surface area contributed by atoms with Crippen molar-refractivity contribution in [2.24, 2.45) is 0 Å². The van der Waals surface area contributed by atoms with Crippen molar-refractivity contribution in [3.8, 4) is 11.3 Å². The average Bonchev–Trinajstić information content (AvgIpc) is 3.25. The molecule has 0 spiro atoms. The average molecular weight is 455 g/mol. The standard InChI is InChI=1S/C23H27ClN6O2/c24-19-14-26-23(28-22(19)18-13-25-20-4-2-1-3-17(18)20)27-16-5-7-30(8-6-16)21(31)15-29-9-11-32-12-10-29/h1-4,13-14,16,25H,5-12,15H2,(H,26,27,28). The Kier molecular flexibility index (Phi) is 6.25. The van der Waals surface area contributed by atoms with Crippen LogP contribution in [-0.4, -0.2) is 82.6 Å². The highest BCUT2D eigenvalue weighted by molar-refractivity contribution is 6.33. The maximum atomic E-state index is 12.6. The fourth-order valence-corrected chi connectivity index (χ4v) is 4.59. The fraction of sp³-hybridized carbons (Fsp3) is 0.435. The molecule has 2 N–H and O–H groups in total. The van der Waals surface area contributed by atoms with E-state index in [1.807, 2.05) is 29.3 Å². The van der Waals surface area contributed by atoms with Gasteiger partial charge in [-0.05, 0) is 18.9 Å². The first-order valence-electron chi connectivity index (χ1n) is 11.1. The number of fused-ring (bicyclic) bond motifs is 1. The molecule has 8 nitrogen and oxygen atoms in total. The number of para-hydroxylation sites is 1. The van der Waals surface area contributed by atoms with Crippen molar-refractivity contribution >= 4 is 34.4 Å². The van der Waals surface area contributed by atoms with Gasteiger partial charge in [-0.2, -0.15) is 0 Å². The summed E-state index contributed by atoms with van der Waals surface area (Å²) in [7, 11) is 0. The number of H-pyrrole nitrogens is 1. The summed E-state index contributed by atoms with van der Waals surface area (Å²) in [6.07, 6.45) is 5.31. The number of carbonyl (C=O) groups is 1. The highest BCUT2D eigenvalue weighted by Gasteiger charge is 2.25. The minimum atomic E-state index is 0.203. The molecule has 2 aliphatic rings. The zero-order valence-electron chi connectivity index (χ0n) is 17.9. The minimum Gasteiger partial charge on any atom is -0.379 e. The zero-order valence-corrected chi connectivity index (χ0v) is 18.6. The quantitative estimate of drug-likeness (QED) is 0.616. The van der Waals surface area contributed by atoms with Crippen LogP contribution < -0.4 is 5.32 Å². The Hall–Kier alpha value is -2.68. The van der Waals surface area contributed by atoms with Gasteiger partial charge >= 0.3 is 0 Å². The number of anilines is 1. The molecule has 2 aliphatic heterocycles. The third-order valence-corrected chi connectivity index (χ3v) is 6.51. The van der Waals surface area contributed by atoms with Gasteiger partial charge in [0.25, 0.3) is 0 Å². The number of hydrogen-bond acceptors (Lipinski definition) is 6. The number of piperidine rings is 1. The third-order valence-electron chi connectivity index (χ3n) is 6.23. The van der Waals surface area contributed by atoms with Crippen LogP contribution in [0.3, 0.4) is 0 Å². The lowest BCUT2D eigenvalue weighted by atomic mass is 10.1. The first-order chi connectivity index (χ1) is 15.7. The lowest BCUT2D eigenvalue weighted by Gasteiger charge is -2.34. The van der Waals surface area contributed by atoms with Crippen molar-refractivity contribution in [2.45, 2.75) is 18.9 Å².